The number of hydrogen-bond acceptors (Lipinski definition) is 6. The molecule has 1 amide bonds. The van der Waals surface area contributed by atoms with Crippen LogP contribution >= 0.6 is 0 Å². The number of halogens is 3. The summed E-state index contributed by atoms with van der Waals surface area (Å²) < 4.78 is 46.7. The van der Waals surface area contributed by atoms with Crippen molar-refractivity contribution in [2.45, 2.75) is 32.0 Å². The number of carbonyl (C=O) groups is 1. The predicted molar refractivity (Wildman–Crippen MR) is 100.0 cm³/mol. The summed E-state index contributed by atoms with van der Waals surface area (Å²) >= 11 is 0. The Morgan fingerprint density at radius 1 is 1.20 bits per heavy atom. The lowest BCUT2D eigenvalue weighted by molar-refractivity contribution is -0.274. The number of benzene rings is 1. The second kappa shape index (κ2) is 7.57. The molecule has 2 saturated heterocycles. The molecule has 0 aliphatic carbocycles. The summed E-state index contributed by atoms with van der Waals surface area (Å²) in [6.45, 7) is 4.54. The number of nitrogens with zero attached hydrogens (tertiary/aromatic N) is 4. The second-order valence-corrected chi connectivity index (χ2v) is 8.14. The molecule has 2 aliphatic heterocycles. The number of aryl methyl sites for hydroxylation is 1. The number of alkyl halides is 3. The Labute approximate surface area is 171 Å². The summed E-state index contributed by atoms with van der Waals surface area (Å²) in [4.78, 5) is 17.1. The number of carbonyl (C=O) groups excluding carboxylic acids is 1. The number of rotatable bonds is 3. The van der Waals surface area contributed by atoms with Gasteiger partial charge in [-0.25, -0.2) is 0 Å². The van der Waals surface area contributed by atoms with Gasteiger partial charge in [-0.05, 0) is 57.2 Å². The van der Waals surface area contributed by atoms with E-state index in [0.717, 1.165) is 38.1 Å². The zero-order valence-corrected chi connectivity index (χ0v) is 16.8. The van der Waals surface area contributed by atoms with E-state index >= 15 is 0 Å². The fraction of sp³-hybridized carbons (Fsp3) is 0.550. The van der Waals surface area contributed by atoms with Crippen molar-refractivity contribution in [3.8, 4) is 5.75 Å². The topological polar surface area (TPSA) is 71.7 Å². The van der Waals surface area contributed by atoms with Gasteiger partial charge in [0.15, 0.2) is 0 Å². The third kappa shape index (κ3) is 4.14. The fourth-order valence-corrected chi connectivity index (χ4v) is 4.47. The highest BCUT2D eigenvalue weighted by atomic mass is 19.4. The molecule has 1 spiro atoms. The molecular weight excluding hydrogens is 401 g/mol. The van der Waals surface area contributed by atoms with Crippen molar-refractivity contribution in [1.82, 2.24) is 20.0 Å². The molecule has 2 fully saturated rings. The summed E-state index contributed by atoms with van der Waals surface area (Å²) in [6, 6.07) is 5.02. The molecule has 0 bridgehead atoms. The normalized spacial score (nSPS) is 21.9. The number of hydrogen-bond donors (Lipinski definition) is 0. The first-order valence-electron chi connectivity index (χ1n) is 9.79. The van der Waals surface area contributed by atoms with E-state index < -0.39 is 6.36 Å². The molecule has 1 aromatic carbocycles. The minimum atomic E-state index is -4.77. The maximum atomic E-state index is 13.1. The Bertz CT molecular complexity index is 905. The molecule has 30 heavy (non-hydrogen) atoms. The van der Waals surface area contributed by atoms with Crippen molar-refractivity contribution < 1.29 is 27.1 Å². The SMILES string of the molecule is Cc1nnc(C2CN(C(=O)c3ccc(OC(F)(F)F)cc3)CC23CCN(C)CC3)o1. The van der Waals surface area contributed by atoms with Crippen LogP contribution in [0.3, 0.4) is 0 Å². The van der Waals surface area contributed by atoms with Crippen molar-refractivity contribution >= 4 is 5.91 Å². The van der Waals surface area contributed by atoms with Crippen LogP contribution in [0.2, 0.25) is 0 Å². The Morgan fingerprint density at radius 3 is 2.43 bits per heavy atom. The summed E-state index contributed by atoms with van der Waals surface area (Å²) in [6.07, 6.45) is -2.97. The molecule has 3 heterocycles. The van der Waals surface area contributed by atoms with Crippen molar-refractivity contribution in [3.05, 3.63) is 41.6 Å². The van der Waals surface area contributed by atoms with Gasteiger partial charge in [-0.15, -0.1) is 23.4 Å². The minimum absolute atomic E-state index is 0.0656. The van der Waals surface area contributed by atoms with Crippen molar-refractivity contribution in [2.24, 2.45) is 5.41 Å². The van der Waals surface area contributed by atoms with E-state index in [1.54, 1.807) is 11.8 Å². The van der Waals surface area contributed by atoms with Gasteiger partial charge >= 0.3 is 6.36 Å². The summed E-state index contributed by atoms with van der Waals surface area (Å²) in [5, 5.41) is 8.17. The third-order valence-corrected chi connectivity index (χ3v) is 6.09. The lowest BCUT2D eigenvalue weighted by atomic mass is 9.71. The van der Waals surface area contributed by atoms with Gasteiger partial charge in [0.25, 0.3) is 5.91 Å². The number of amides is 1. The highest BCUT2D eigenvalue weighted by Gasteiger charge is 2.51. The van der Waals surface area contributed by atoms with Crippen LogP contribution < -0.4 is 4.74 Å². The van der Waals surface area contributed by atoms with E-state index in [0.29, 0.717) is 30.4 Å². The van der Waals surface area contributed by atoms with E-state index in [4.69, 9.17) is 4.42 Å². The van der Waals surface area contributed by atoms with Gasteiger partial charge < -0.3 is 19.0 Å². The van der Waals surface area contributed by atoms with Crippen LogP contribution in [-0.4, -0.2) is 65.5 Å². The van der Waals surface area contributed by atoms with Crippen LogP contribution in [0.5, 0.6) is 5.75 Å². The third-order valence-electron chi connectivity index (χ3n) is 6.09. The Hall–Kier alpha value is -2.62. The molecule has 2 aliphatic rings. The summed E-state index contributed by atoms with van der Waals surface area (Å²) in [7, 11) is 2.07. The molecule has 0 saturated carbocycles. The van der Waals surface area contributed by atoms with Gasteiger partial charge in [-0.2, -0.15) is 0 Å². The second-order valence-electron chi connectivity index (χ2n) is 8.14. The zero-order valence-electron chi connectivity index (χ0n) is 16.8. The van der Waals surface area contributed by atoms with Crippen molar-refractivity contribution in [1.29, 1.82) is 0 Å². The number of ether oxygens (including phenoxy) is 1. The first kappa shape index (κ1) is 20.6. The number of likely N-dealkylation sites (tertiary alicyclic amines) is 2. The number of aromatic nitrogens is 2. The largest absolute Gasteiger partial charge is 0.573 e. The molecule has 162 valence electrons. The molecule has 1 aromatic heterocycles. The van der Waals surface area contributed by atoms with Crippen LogP contribution in [0.4, 0.5) is 13.2 Å². The molecule has 0 N–H and O–H groups in total. The molecule has 2 aromatic rings. The average Bonchev–Trinajstić information content (AvgIpc) is 3.27. The van der Waals surface area contributed by atoms with Crippen molar-refractivity contribution in [3.63, 3.8) is 0 Å². The maximum Gasteiger partial charge on any atom is 0.573 e. The van der Waals surface area contributed by atoms with Crippen LogP contribution in [0.1, 0.15) is 40.9 Å². The molecule has 4 rings (SSSR count). The van der Waals surface area contributed by atoms with Gasteiger partial charge in [0.2, 0.25) is 11.8 Å². The van der Waals surface area contributed by atoms with Gasteiger partial charge in [0.05, 0.1) is 5.92 Å². The Kier molecular flexibility index (Phi) is 5.21. The van der Waals surface area contributed by atoms with E-state index in [-0.39, 0.29) is 23.0 Å². The van der Waals surface area contributed by atoms with Crippen molar-refractivity contribution in [2.75, 3.05) is 33.2 Å². The summed E-state index contributed by atoms with van der Waals surface area (Å²) in [5.41, 5.74) is 0.162. The van der Waals surface area contributed by atoms with Crippen LogP contribution in [0, 0.1) is 12.3 Å². The molecule has 7 nitrogen and oxygen atoms in total. The number of piperidine rings is 1. The quantitative estimate of drug-likeness (QED) is 0.754. The Balaban J connectivity index is 1.55. The molecule has 1 atom stereocenters. The molecule has 10 heteroatoms. The van der Waals surface area contributed by atoms with E-state index in [1.807, 2.05) is 0 Å². The first-order chi connectivity index (χ1) is 14.2. The lowest BCUT2D eigenvalue weighted by Gasteiger charge is -2.40. The zero-order chi connectivity index (χ0) is 21.5. The summed E-state index contributed by atoms with van der Waals surface area (Å²) in [5.74, 6) is 0.376. The van der Waals surface area contributed by atoms with Crippen LogP contribution in [0.15, 0.2) is 28.7 Å². The highest BCUT2D eigenvalue weighted by Crippen LogP contribution is 2.49. The molecule has 1 unspecified atom stereocenters. The first-order valence-corrected chi connectivity index (χ1v) is 9.79. The Morgan fingerprint density at radius 2 is 1.87 bits per heavy atom. The maximum absolute atomic E-state index is 13.1. The standard InChI is InChI=1S/C20H23F3N4O3/c1-13-24-25-17(29-13)16-11-27(12-19(16)7-9-26(2)10-8-19)18(28)14-3-5-15(6-4-14)30-20(21,22)23/h3-6,16H,7-12H2,1-2H3. The predicted octanol–water partition coefficient (Wildman–Crippen LogP) is 3.23. The van der Waals surface area contributed by atoms with Crippen LogP contribution in [-0.2, 0) is 0 Å². The van der Waals surface area contributed by atoms with E-state index in [1.165, 1.54) is 12.1 Å². The van der Waals surface area contributed by atoms with E-state index in [9.17, 15) is 18.0 Å². The highest BCUT2D eigenvalue weighted by molar-refractivity contribution is 5.94. The van der Waals surface area contributed by atoms with Gasteiger partial charge in [-0.1, -0.05) is 0 Å². The molecule has 0 radical (unpaired) electrons. The fourth-order valence-electron chi connectivity index (χ4n) is 4.47. The minimum Gasteiger partial charge on any atom is -0.425 e. The average molecular weight is 424 g/mol. The van der Waals surface area contributed by atoms with E-state index in [2.05, 4.69) is 26.9 Å². The monoisotopic (exact) mass is 424 g/mol. The lowest BCUT2D eigenvalue weighted by Crippen LogP contribution is -2.42. The van der Waals surface area contributed by atoms with Gasteiger partial charge in [0, 0.05) is 31.0 Å². The van der Waals surface area contributed by atoms with Crippen LogP contribution in [0.25, 0.3) is 0 Å². The molecular formula is C20H23F3N4O3. The van der Waals surface area contributed by atoms with Gasteiger partial charge in [-0.3, -0.25) is 4.79 Å². The van der Waals surface area contributed by atoms with Gasteiger partial charge in [0.1, 0.15) is 5.75 Å². The smallest absolute Gasteiger partial charge is 0.425 e.